The molecule has 128 valence electrons. The molecular weight excluding hydrogens is 316 g/mol. The molecule has 0 aliphatic rings. The van der Waals surface area contributed by atoms with Crippen molar-refractivity contribution in [1.82, 2.24) is 9.97 Å². The van der Waals surface area contributed by atoms with Gasteiger partial charge in [0.1, 0.15) is 23.1 Å². The number of benzene rings is 1. The van der Waals surface area contributed by atoms with Gasteiger partial charge in [-0.15, -0.1) is 0 Å². The van der Waals surface area contributed by atoms with Gasteiger partial charge in [-0.3, -0.25) is 4.79 Å². The van der Waals surface area contributed by atoms with E-state index in [1.807, 2.05) is 38.1 Å². The van der Waals surface area contributed by atoms with E-state index in [-0.39, 0.29) is 5.91 Å². The molecular formula is C19H20N4O2. The van der Waals surface area contributed by atoms with Crippen LogP contribution in [0.25, 0.3) is 0 Å². The molecule has 25 heavy (non-hydrogen) atoms. The van der Waals surface area contributed by atoms with Crippen molar-refractivity contribution < 1.29 is 9.21 Å². The Morgan fingerprint density at radius 1 is 1.08 bits per heavy atom. The monoisotopic (exact) mass is 336 g/mol. The summed E-state index contributed by atoms with van der Waals surface area (Å²) in [6.07, 6.45) is 1.62. The predicted octanol–water partition coefficient (Wildman–Crippen LogP) is 3.86. The number of carbonyl (C=O) groups excluding carboxylic acids is 1. The highest BCUT2D eigenvalue weighted by Gasteiger charge is 2.11. The lowest BCUT2D eigenvalue weighted by Crippen LogP contribution is -2.16. The van der Waals surface area contributed by atoms with Crippen molar-refractivity contribution in [2.75, 3.05) is 10.6 Å². The number of amides is 1. The summed E-state index contributed by atoms with van der Waals surface area (Å²) < 4.78 is 5.28. The van der Waals surface area contributed by atoms with E-state index in [0.717, 1.165) is 22.6 Å². The SMILES string of the molecule is Cc1cc(C)cc(NC(=O)c2cc(NCc3ccco3)nc(C)n2)c1. The normalized spacial score (nSPS) is 10.5. The summed E-state index contributed by atoms with van der Waals surface area (Å²) in [4.78, 5) is 21.1. The molecule has 6 heteroatoms. The van der Waals surface area contributed by atoms with Crippen LogP contribution in [0.5, 0.6) is 0 Å². The maximum absolute atomic E-state index is 12.5. The molecule has 2 heterocycles. The minimum absolute atomic E-state index is 0.267. The number of anilines is 2. The first-order valence-electron chi connectivity index (χ1n) is 8.01. The molecule has 1 aromatic carbocycles. The van der Waals surface area contributed by atoms with Crippen LogP contribution in [-0.4, -0.2) is 15.9 Å². The predicted molar refractivity (Wildman–Crippen MR) is 96.7 cm³/mol. The van der Waals surface area contributed by atoms with Crippen LogP contribution in [0.4, 0.5) is 11.5 Å². The lowest BCUT2D eigenvalue weighted by Gasteiger charge is -2.09. The van der Waals surface area contributed by atoms with Crippen LogP contribution in [-0.2, 0) is 6.54 Å². The number of aryl methyl sites for hydroxylation is 3. The van der Waals surface area contributed by atoms with E-state index in [2.05, 4.69) is 26.7 Å². The van der Waals surface area contributed by atoms with Crippen LogP contribution in [0.2, 0.25) is 0 Å². The zero-order valence-electron chi connectivity index (χ0n) is 14.5. The number of rotatable bonds is 5. The fourth-order valence-corrected chi connectivity index (χ4v) is 2.61. The van der Waals surface area contributed by atoms with Gasteiger partial charge < -0.3 is 15.1 Å². The number of carbonyl (C=O) groups is 1. The molecule has 0 saturated heterocycles. The summed E-state index contributed by atoms with van der Waals surface area (Å²) in [5.74, 6) is 1.62. The Bertz CT molecular complexity index is 868. The second-order valence-electron chi connectivity index (χ2n) is 5.95. The average molecular weight is 336 g/mol. The van der Waals surface area contributed by atoms with Gasteiger partial charge in [0, 0.05) is 11.8 Å². The number of nitrogens with zero attached hydrogens (tertiary/aromatic N) is 2. The molecule has 2 N–H and O–H groups in total. The zero-order valence-corrected chi connectivity index (χ0v) is 14.5. The summed E-state index contributed by atoms with van der Waals surface area (Å²) in [6.45, 7) is 6.23. The maximum Gasteiger partial charge on any atom is 0.274 e. The molecule has 0 aliphatic carbocycles. The molecule has 0 aliphatic heterocycles. The number of hydrogen-bond acceptors (Lipinski definition) is 5. The molecule has 0 atom stereocenters. The van der Waals surface area contributed by atoms with Gasteiger partial charge >= 0.3 is 0 Å². The van der Waals surface area contributed by atoms with Gasteiger partial charge in [-0.25, -0.2) is 9.97 Å². The first-order valence-corrected chi connectivity index (χ1v) is 8.01. The fraction of sp³-hybridized carbons (Fsp3) is 0.211. The number of nitrogens with one attached hydrogen (secondary N) is 2. The third kappa shape index (κ3) is 4.44. The van der Waals surface area contributed by atoms with Gasteiger partial charge in [-0.05, 0) is 56.2 Å². The summed E-state index contributed by atoms with van der Waals surface area (Å²) >= 11 is 0. The van der Waals surface area contributed by atoms with Crippen LogP contribution in [0, 0.1) is 20.8 Å². The van der Waals surface area contributed by atoms with Gasteiger partial charge in [0.25, 0.3) is 5.91 Å². The molecule has 0 spiro atoms. The minimum atomic E-state index is -0.267. The molecule has 1 amide bonds. The van der Waals surface area contributed by atoms with Crippen molar-refractivity contribution in [3.05, 3.63) is 71.1 Å². The summed E-state index contributed by atoms with van der Waals surface area (Å²) in [5, 5.41) is 6.03. The van der Waals surface area contributed by atoms with Crippen LogP contribution in [0.15, 0.2) is 47.1 Å². The van der Waals surface area contributed by atoms with Gasteiger partial charge in [0.15, 0.2) is 0 Å². The molecule has 0 unspecified atom stereocenters. The second-order valence-corrected chi connectivity index (χ2v) is 5.95. The summed E-state index contributed by atoms with van der Waals surface area (Å²) in [6, 6.07) is 11.2. The topological polar surface area (TPSA) is 80.0 Å². The van der Waals surface area contributed by atoms with Crippen molar-refractivity contribution in [3.63, 3.8) is 0 Å². The Morgan fingerprint density at radius 2 is 1.84 bits per heavy atom. The average Bonchev–Trinajstić information content (AvgIpc) is 3.05. The van der Waals surface area contributed by atoms with E-state index in [9.17, 15) is 4.79 Å². The Hall–Kier alpha value is -3.15. The van der Waals surface area contributed by atoms with Crippen LogP contribution in [0.3, 0.4) is 0 Å². The van der Waals surface area contributed by atoms with E-state index in [0.29, 0.717) is 23.9 Å². The highest BCUT2D eigenvalue weighted by atomic mass is 16.3. The van der Waals surface area contributed by atoms with Crippen molar-refractivity contribution >= 4 is 17.4 Å². The first kappa shape index (κ1) is 16.7. The molecule has 3 rings (SSSR count). The van der Waals surface area contributed by atoms with Gasteiger partial charge in [0.2, 0.25) is 0 Å². The van der Waals surface area contributed by atoms with Gasteiger partial charge in [-0.2, -0.15) is 0 Å². The quantitative estimate of drug-likeness (QED) is 0.739. The third-order valence-corrected chi connectivity index (χ3v) is 3.57. The van der Waals surface area contributed by atoms with Crippen molar-refractivity contribution in [3.8, 4) is 0 Å². The highest BCUT2D eigenvalue weighted by molar-refractivity contribution is 6.03. The number of furan rings is 1. The molecule has 0 bridgehead atoms. The maximum atomic E-state index is 12.5. The molecule has 0 radical (unpaired) electrons. The van der Waals surface area contributed by atoms with E-state index in [4.69, 9.17) is 4.42 Å². The number of hydrogen-bond donors (Lipinski definition) is 2. The third-order valence-electron chi connectivity index (χ3n) is 3.57. The van der Waals surface area contributed by atoms with Crippen molar-refractivity contribution in [2.24, 2.45) is 0 Å². The Kier molecular flexibility index (Phi) is 4.79. The zero-order chi connectivity index (χ0) is 17.8. The minimum Gasteiger partial charge on any atom is -0.467 e. The first-order chi connectivity index (χ1) is 12.0. The van der Waals surface area contributed by atoms with Gasteiger partial charge in [-0.1, -0.05) is 6.07 Å². The van der Waals surface area contributed by atoms with E-state index >= 15 is 0 Å². The summed E-state index contributed by atoms with van der Waals surface area (Å²) in [7, 11) is 0. The second kappa shape index (κ2) is 7.17. The van der Waals surface area contributed by atoms with Crippen LogP contribution >= 0.6 is 0 Å². The molecule has 0 fully saturated rings. The molecule has 2 aromatic heterocycles. The molecule has 6 nitrogen and oxygen atoms in total. The molecule has 3 aromatic rings. The Morgan fingerprint density at radius 3 is 2.52 bits per heavy atom. The Labute approximate surface area is 146 Å². The van der Waals surface area contributed by atoms with E-state index in [1.165, 1.54) is 0 Å². The van der Waals surface area contributed by atoms with Crippen LogP contribution in [0.1, 0.15) is 33.2 Å². The van der Waals surface area contributed by atoms with Gasteiger partial charge in [0.05, 0.1) is 12.8 Å². The molecule has 0 saturated carbocycles. The largest absolute Gasteiger partial charge is 0.467 e. The van der Waals surface area contributed by atoms with E-state index < -0.39 is 0 Å². The lowest BCUT2D eigenvalue weighted by atomic mass is 10.1. The summed E-state index contributed by atoms with van der Waals surface area (Å²) in [5.41, 5.74) is 3.25. The smallest absolute Gasteiger partial charge is 0.274 e. The number of aromatic nitrogens is 2. The van der Waals surface area contributed by atoms with Crippen molar-refractivity contribution in [1.29, 1.82) is 0 Å². The fourth-order valence-electron chi connectivity index (χ4n) is 2.61. The van der Waals surface area contributed by atoms with E-state index in [1.54, 1.807) is 19.3 Å². The lowest BCUT2D eigenvalue weighted by molar-refractivity contribution is 0.102. The van der Waals surface area contributed by atoms with Crippen LogP contribution < -0.4 is 10.6 Å². The highest BCUT2D eigenvalue weighted by Crippen LogP contribution is 2.16. The standard InChI is InChI=1S/C19H20N4O2/c1-12-7-13(2)9-15(8-12)23-19(24)17-10-18(22-14(3)21-17)20-11-16-5-4-6-25-16/h4-10H,11H2,1-3H3,(H,23,24)(H,20,21,22). The Balaban J connectivity index is 1.75. The van der Waals surface area contributed by atoms with Crippen molar-refractivity contribution in [2.45, 2.75) is 27.3 Å².